The van der Waals surface area contributed by atoms with Gasteiger partial charge < -0.3 is 9.63 Å². The van der Waals surface area contributed by atoms with E-state index in [9.17, 15) is 18.0 Å². The number of halogens is 4. The molecule has 3 heterocycles. The van der Waals surface area contributed by atoms with E-state index in [0.717, 1.165) is 23.1 Å². The van der Waals surface area contributed by atoms with Gasteiger partial charge >= 0.3 is 12.1 Å². The van der Waals surface area contributed by atoms with Crippen molar-refractivity contribution in [1.29, 1.82) is 0 Å². The van der Waals surface area contributed by atoms with E-state index in [1.807, 2.05) is 0 Å². The minimum atomic E-state index is -4.77. The summed E-state index contributed by atoms with van der Waals surface area (Å²) in [5.41, 5.74) is -2.52. The smallest absolute Gasteiger partial charge is 0.420 e. The van der Waals surface area contributed by atoms with Crippen LogP contribution in [0.2, 0.25) is 5.15 Å². The Kier molecular flexibility index (Phi) is 3.06. The molecule has 0 aliphatic heterocycles. The Bertz CT molecular complexity index is 873. The van der Waals surface area contributed by atoms with Crippen molar-refractivity contribution in [2.24, 2.45) is 0 Å². The summed E-state index contributed by atoms with van der Waals surface area (Å²) >= 11 is 5.80. The summed E-state index contributed by atoms with van der Waals surface area (Å²) < 4.78 is 44.8. The molecule has 0 saturated heterocycles. The number of nitrogens with zero attached hydrogens (tertiary/aromatic N) is 4. The van der Waals surface area contributed by atoms with Crippen molar-refractivity contribution in [1.82, 2.24) is 19.5 Å². The van der Waals surface area contributed by atoms with Crippen molar-refractivity contribution >= 4 is 23.2 Å². The number of carboxylic acid groups (broad SMARTS) is 1. The lowest BCUT2D eigenvalue weighted by Crippen LogP contribution is -2.08. The zero-order chi connectivity index (χ0) is 16.1. The lowest BCUT2D eigenvalue weighted by Gasteiger charge is -2.09. The third-order valence-corrected chi connectivity index (χ3v) is 3.15. The number of aromatic carboxylic acids is 1. The Morgan fingerprint density at radius 1 is 1.41 bits per heavy atom. The molecule has 0 radical (unpaired) electrons. The highest BCUT2D eigenvalue weighted by molar-refractivity contribution is 6.32. The van der Waals surface area contributed by atoms with Gasteiger partial charge in [0.1, 0.15) is 5.15 Å². The van der Waals surface area contributed by atoms with E-state index in [-0.39, 0.29) is 11.4 Å². The molecule has 114 valence electrons. The predicted octanol–water partition coefficient (Wildman–Crippen LogP) is 2.75. The molecule has 0 atom stereocenters. The summed E-state index contributed by atoms with van der Waals surface area (Å²) in [5, 5.41) is 11.9. The minimum Gasteiger partial charge on any atom is -0.476 e. The Labute approximate surface area is 123 Å². The second-order valence-corrected chi connectivity index (χ2v) is 4.50. The molecule has 7 nitrogen and oxygen atoms in total. The van der Waals surface area contributed by atoms with Crippen LogP contribution in [0, 0.1) is 0 Å². The van der Waals surface area contributed by atoms with Crippen LogP contribution >= 0.6 is 11.6 Å². The molecule has 22 heavy (non-hydrogen) atoms. The van der Waals surface area contributed by atoms with Crippen molar-refractivity contribution in [3.63, 3.8) is 0 Å². The van der Waals surface area contributed by atoms with E-state index in [2.05, 4.69) is 19.6 Å². The van der Waals surface area contributed by atoms with Gasteiger partial charge in [0.2, 0.25) is 12.2 Å². The minimum absolute atomic E-state index is 0.0511. The third kappa shape index (κ3) is 2.17. The third-order valence-electron chi connectivity index (χ3n) is 2.79. The maximum atomic E-state index is 13.2. The number of fused-ring (bicyclic) bond motifs is 1. The van der Waals surface area contributed by atoms with Gasteiger partial charge in [0.25, 0.3) is 0 Å². The van der Waals surface area contributed by atoms with Gasteiger partial charge in [-0.3, -0.25) is 4.40 Å². The van der Waals surface area contributed by atoms with Crippen LogP contribution in [0.1, 0.15) is 16.1 Å². The van der Waals surface area contributed by atoms with Gasteiger partial charge in [0.15, 0.2) is 11.3 Å². The molecule has 0 saturated carbocycles. The molecular weight excluding hydrogens is 329 g/mol. The van der Waals surface area contributed by atoms with E-state index >= 15 is 0 Å². The number of imidazole rings is 1. The van der Waals surface area contributed by atoms with Crippen molar-refractivity contribution < 1.29 is 27.6 Å². The maximum Gasteiger partial charge on any atom is 0.420 e. The van der Waals surface area contributed by atoms with Crippen molar-refractivity contribution in [3.05, 3.63) is 35.1 Å². The number of hydrogen-bond donors (Lipinski definition) is 1. The average molecular weight is 333 g/mol. The highest BCUT2D eigenvalue weighted by atomic mass is 35.5. The number of pyridine rings is 1. The van der Waals surface area contributed by atoms with Crippen molar-refractivity contribution in [3.8, 4) is 11.4 Å². The molecule has 0 bridgehead atoms. The van der Waals surface area contributed by atoms with Gasteiger partial charge in [0, 0.05) is 11.8 Å². The molecule has 3 rings (SSSR count). The first-order valence-corrected chi connectivity index (χ1v) is 5.95. The Morgan fingerprint density at radius 3 is 2.68 bits per heavy atom. The first-order chi connectivity index (χ1) is 10.3. The quantitative estimate of drug-likeness (QED) is 0.775. The molecule has 0 aliphatic carbocycles. The van der Waals surface area contributed by atoms with Crippen LogP contribution in [0.5, 0.6) is 0 Å². The number of aromatic nitrogens is 4. The maximum absolute atomic E-state index is 13.2. The standard InChI is InChI=1S/C11H4ClF3N4O3/c12-7-6(10(20)21)17-9-5(11(13,14)15)1-4(2-19(7)9)8-16-3-22-18-8/h1-3H,(H,20,21). The van der Waals surface area contributed by atoms with Gasteiger partial charge in [-0.1, -0.05) is 16.8 Å². The fourth-order valence-electron chi connectivity index (χ4n) is 1.88. The van der Waals surface area contributed by atoms with Gasteiger partial charge in [-0.2, -0.15) is 18.2 Å². The molecule has 3 aromatic heterocycles. The number of rotatable bonds is 2. The fourth-order valence-corrected chi connectivity index (χ4v) is 2.13. The summed E-state index contributed by atoms with van der Waals surface area (Å²) in [6, 6.07) is 0.745. The van der Waals surface area contributed by atoms with E-state index in [1.165, 1.54) is 0 Å². The van der Waals surface area contributed by atoms with Crippen LogP contribution in [-0.2, 0) is 6.18 Å². The molecule has 1 N–H and O–H groups in total. The van der Waals surface area contributed by atoms with Crippen LogP contribution in [0.15, 0.2) is 23.2 Å². The molecule has 0 unspecified atom stereocenters. The first-order valence-electron chi connectivity index (χ1n) is 5.58. The summed E-state index contributed by atoms with van der Waals surface area (Å²) in [7, 11) is 0. The largest absolute Gasteiger partial charge is 0.476 e. The predicted molar refractivity (Wildman–Crippen MR) is 65.5 cm³/mol. The molecule has 0 fully saturated rings. The zero-order valence-corrected chi connectivity index (χ0v) is 11.1. The normalized spacial score (nSPS) is 12.0. The fraction of sp³-hybridized carbons (Fsp3) is 0.0909. The molecule has 0 aliphatic rings. The van der Waals surface area contributed by atoms with Crippen LogP contribution < -0.4 is 0 Å². The van der Waals surface area contributed by atoms with Crippen molar-refractivity contribution in [2.45, 2.75) is 6.18 Å². The first kappa shape index (κ1) is 14.3. The monoisotopic (exact) mass is 332 g/mol. The number of hydrogen-bond acceptors (Lipinski definition) is 5. The molecule has 0 spiro atoms. The lowest BCUT2D eigenvalue weighted by atomic mass is 10.2. The number of alkyl halides is 3. The van der Waals surface area contributed by atoms with Gasteiger partial charge in [-0.15, -0.1) is 0 Å². The summed E-state index contributed by atoms with van der Waals surface area (Å²) in [6.07, 6.45) is -2.67. The second kappa shape index (κ2) is 4.70. The van der Waals surface area contributed by atoms with Crippen LogP contribution in [0.4, 0.5) is 13.2 Å². The summed E-state index contributed by atoms with van der Waals surface area (Å²) in [5.74, 6) is -1.64. The van der Waals surface area contributed by atoms with E-state index in [0.29, 0.717) is 0 Å². The van der Waals surface area contributed by atoms with Crippen LogP contribution in [0.25, 0.3) is 17.0 Å². The topological polar surface area (TPSA) is 93.5 Å². The zero-order valence-electron chi connectivity index (χ0n) is 10.3. The molecular formula is C11H4ClF3N4O3. The van der Waals surface area contributed by atoms with E-state index < -0.39 is 34.2 Å². The summed E-state index contributed by atoms with van der Waals surface area (Å²) in [6.45, 7) is 0. The SMILES string of the molecule is O=C(O)c1nc2c(C(F)(F)F)cc(-c3ncon3)cn2c1Cl. The van der Waals surface area contributed by atoms with Crippen LogP contribution in [0.3, 0.4) is 0 Å². The van der Waals surface area contributed by atoms with Gasteiger partial charge in [-0.25, -0.2) is 9.78 Å². The van der Waals surface area contributed by atoms with Crippen LogP contribution in [-0.4, -0.2) is 30.6 Å². The van der Waals surface area contributed by atoms with Crippen molar-refractivity contribution in [2.75, 3.05) is 0 Å². The molecule has 11 heteroatoms. The summed E-state index contributed by atoms with van der Waals surface area (Å²) in [4.78, 5) is 18.1. The van der Waals surface area contributed by atoms with Gasteiger partial charge in [-0.05, 0) is 6.07 Å². The Balaban J connectivity index is 2.39. The average Bonchev–Trinajstić information content (AvgIpc) is 3.05. The highest BCUT2D eigenvalue weighted by Crippen LogP contribution is 2.36. The Morgan fingerprint density at radius 2 is 2.14 bits per heavy atom. The Hall–Kier alpha value is -2.62. The second-order valence-electron chi connectivity index (χ2n) is 4.15. The van der Waals surface area contributed by atoms with Gasteiger partial charge in [0.05, 0.1) is 5.56 Å². The van der Waals surface area contributed by atoms with E-state index in [4.69, 9.17) is 16.7 Å². The number of carboxylic acids is 1. The molecule has 0 aromatic carbocycles. The highest BCUT2D eigenvalue weighted by Gasteiger charge is 2.36. The van der Waals surface area contributed by atoms with E-state index in [1.54, 1.807) is 0 Å². The lowest BCUT2D eigenvalue weighted by molar-refractivity contribution is -0.136. The molecule has 0 amide bonds. The number of carbonyl (C=O) groups is 1. The molecule has 3 aromatic rings.